The molecule has 0 aliphatic carbocycles. The summed E-state index contributed by atoms with van der Waals surface area (Å²) in [6.07, 6.45) is 1.93. The standard InChI is InChI=1S/C14H27N3O/c1-11(2)16-14(4,10-15)8-12(3)17(5)13-6-7-18-9-13/h11-13,16H,6-9H2,1-5H3. The minimum atomic E-state index is -0.457. The van der Waals surface area contributed by atoms with E-state index in [0.717, 1.165) is 26.1 Å². The first-order valence-electron chi connectivity index (χ1n) is 6.86. The maximum absolute atomic E-state index is 9.37. The van der Waals surface area contributed by atoms with E-state index < -0.39 is 5.54 Å². The molecule has 1 rings (SSSR count). The Kier molecular flexibility index (Phi) is 5.58. The van der Waals surface area contributed by atoms with Gasteiger partial charge in [-0.15, -0.1) is 0 Å². The van der Waals surface area contributed by atoms with Crippen LogP contribution in [0.25, 0.3) is 0 Å². The van der Waals surface area contributed by atoms with Crippen LogP contribution in [0, 0.1) is 11.3 Å². The molecule has 4 nitrogen and oxygen atoms in total. The number of nitrogens with one attached hydrogen (secondary N) is 1. The van der Waals surface area contributed by atoms with E-state index in [1.807, 2.05) is 6.92 Å². The molecule has 0 aromatic heterocycles. The summed E-state index contributed by atoms with van der Waals surface area (Å²) >= 11 is 0. The van der Waals surface area contributed by atoms with Crippen LogP contribution in [0.15, 0.2) is 0 Å². The Hall–Kier alpha value is -0.630. The number of likely N-dealkylation sites (N-methyl/N-ethyl adjacent to an activating group) is 1. The number of hydrogen-bond donors (Lipinski definition) is 1. The van der Waals surface area contributed by atoms with Crippen molar-refractivity contribution in [1.29, 1.82) is 5.26 Å². The van der Waals surface area contributed by atoms with Gasteiger partial charge in [-0.05, 0) is 47.6 Å². The van der Waals surface area contributed by atoms with Crippen molar-refractivity contribution >= 4 is 0 Å². The number of ether oxygens (including phenoxy) is 1. The van der Waals surface area contributed by atoms with E-state index in [0.29, 0.717) is 18.1 Å². The summed E-state index contributed by atoms with van der Waals surface area (Å²) in [5, 5.41) is 12.7. The highest BCUT2D eigenvalue weighted by atomic mass is 16.5. The van der Waals surface area contributed by atoms with Crippen LogP contribution in [-0.2, 0) is 4.74 Å². The molecule has 0 saturated carbocycles. The summed E-state index contributed by atoms with van der Waals surface area (Å²) in [4.78, 5) is 2.35. The fraction of sp³-hybridized carbons (Fsp3) is 0.929. The average molecular weight is 253 g/mol. The zero-order valence-electron chi connectivity index (χ0n) is 12.4. The third-order valence-electron chi connectivity index (χ3n) is 3.73. The van der Waals surface area contributed by atoms with E-state index in [-0.39, 0.29) is 0 Å². The minimum Gasteiger partial charge on any atom is -0.380 e. The van der Waals surface area contributed by atoms with Gasteiger partial charge in [0.15, 0.2) is 0 Å². The highest BCUT2D eigenvalue weighted by molar-refractivity contribution is 5.06. The highest BCUT2D eigenvalue weighted by Crippen LogP contribution is 2.20. The molecule has 0 amide bonds. The van der Waals surface area contributed by atoms with Crippen LogP contribution in [-0.4, -0.2) is 48.8 Å². The van der Waals surface area contributed by atoms with Crippen molar-refractivity contribution in [1.82, 2.24) is 10.2 Å². The normalized spacial score (nSPS) is 25.1. The molecule has 3 atom stereocenters. The first-order valence-corrected chi connectivity index (χ1v) is 6.86. The first kappa shape index (κ1) is 15.4. The third kappa shape index (κ3) is 4.24. The molecule has 0 aromatic carbocycles. The van der Waals surface area contributed by atoms with Gasteiger partial charge in [-0.3, -0.25) is 10.2 Å². The van der Waals surface area contributed by atoms with Gasteiger partial charge in [0.05, 0.1) is 12.7 Å². The van der Waals surface area contributed by atoms with E-state index in [1.165, 1.54) is 0 Å². The lowest BCUT2D eigenvalue weighted by Crippen LogP contribution is -2.50. The molecule has 3 unspecified atom stereocenters. The van der Waals surface area contributed by atoms with Crippen LogP contribution in [0.1, 0.15) is 40.5 Å². The average Bonchev–Trinajstić information content (AvgIpc) is 2.80. The monoisotopic (exact) mass is 253 g/mol. The molecular weight excluding hydrogens is 226 g/mol. The highest BCUT2D eigenvalue weighted by Gasteiger charge is 2.31. The Morgan fingerprint density at radius 1 is 1.50 bits per heavy atom. The lowest BCUT2D eigenvalue weighted by atomic mass is 9.93. The quantitative estimate of drug-likeness (QED) is 0.783. The fourth-order valence-corrected chi connectivity index (χ4v) is 2.71. The van der Waals surface area contributed by atoms with Crippen LogP contribution in [0.3, 0.4) is 0 Å². The summed E-state index contributed by atoms with van der Waals surface area (Å²) in [6.45, 7) is 10.0. The molecule has 1 heterocycles. The second-order valence-corrected chi connectivity index (χ2v) is 5.98. The molecule has 0 aromatic rings. The van der Waals surface area contributed by atoms with Crippen molar-refractivity contribution in [3.05, 3.63) is 0 Å². The van der Waals surface area contributed by atoms with Crippen molar-refractivity contribution < 1.29 is 4.74 Å². The van der Waals surface area contributed by atoms with E-state index in [9.17, 15) is 5.26 Å². The van der Waals surface area contributed by atoms with E-state index in [2.05, 4.69) is 44.1 Å². The lowest BCUT2D eigenvalue weighted by Gasteiger charge is -2.35. The van der Waals surface area contributed by atoms with Crippen LogP contribution >= 0.6 is 0 Å². The first-order chi connectivity index (χ1) is 8.38. The zero-order valence-corrected chi connectivity index (χ0v) is 12.4. The molecule has 0 spiro atoms. The summed E-state index contributed by atoms with van der Waals surface area (Å²) in [5.41, 5.74) is -0.457. The van der Waals surface area contributed by atoms with Gasteiger partial charge in [0.25, 0.3) is 0 Å². The Morgan fingerprint density at radius 2 is 2.17 bits per heavy atom. The Balaban J connectivity index is 2.55. The smallest absolute Gasteiger partial charge is 0.105 e. The van der Waals surface area contributed by atoms with Crippen molar-refractivity contribution in [2.75, 3.05) is 20.3 Å². The van der Waals surface area contributed by atoms with Gasteiger partial charge >= 0.3 is 0 Å². The SMILES string of the molecule is CC(C)NC(C)(C#N)CC(C)N(C)C1CCOC1. The van der Waals surface area contributed by atoms with Crippen LogP contribution in [0.2, 0.25) is 0 Å². The van der Waals surface area contributed by atoms with Crippen LogP contribution < -0.4 is 5.32 Å². The molecule has 1 fully saturated rings. The number of nitrogens with zero attached hydrogens (tertiary/aromatic N) is 2. The van der Waals surface area contributed by atoms with Gasteiger partial charge in [-0.1, -0.05) is 0 Å². The van der Waals surface area contributed by atoms with Crippen molar-refractivity contribution in [3.63, 3.8) is 0 Å². The summed E-state index contributed by atoms with van der Waals surface area (Å²) in [5.74, 6) is 0. The second kappa shape index (κ2) is 6.51. The number of rotatable bonds is 6. The van der Waals surface area contributed by atoms with Gasteiger partial charge in [0.1, 0.15) is 5.54 Å². The molecular formula is C14H27N3O. The molecule has 1 aliphatic heterocycles. The molecule has 104 valence electrons. The Bertz CT molecular complexity index is 294. The second-order valence-electron chi connectivity index (χ2n) is 5.98. The summed E-state index contributed by atoms with van der Waals surface area (Å²) in [6, 6.07) is 3.61. The minimum absolute atomic E-state index is 0.321. The van der Waals surface area contributed by atoms with Crippen LogP contribution in [0.4, 0.5) is 0 Å². The third-order valence-corrected chi connectivity index (χ3v) is 3.73. The number of nitriles is 1. The van der Waals surface area contributed by atoms with Gasteiger partial charge in [-0.2, -0.15) is 5.26 Å². The van der Waals surface area contributed by atoms with E-state index >= 15 is 0 Å². The maximum Gasteiger partial charge on any atom is 0.105 e. The van der Waals surface area contributed by atoms with Gasteiger partial charge < -0.3 is 4.74 Å². The van der Waals surface area contributed by atoms with Gasteiger partial charge in [0.2, 0.25) is 0 Å². The predicted molar refractivity (Wildman–Crippen MR) is 73.4 cm³/mol. The van der Waals surface area contributed by atoms with Crippen LogP contribution in [0.5, 0.6) is 0 Å². The molecule has 1 saturated heterocycles. The topological polar surface area (TPSA) is 48.3 Å². The van der Waals surface area contributed by atoms with Gasteiger partial charge in [0, 0.05) is 24.7 Å². The fourth-order valence-electron chi connectivity index (χ4n) is 2.71. The molecule has 1 N–H and O–H groups in total. The van der Waals surface area contributed by atoms with Crippen molar-refractivity contribution in [3.8, 4) is 6.07 Å². The Labute approximate surface area is 111 Å². The molecule has 18 heavy (non-hydrogen) atoms. The molecule has 1 aliphatic rings. The van der Waals surface area contributed by atoms with E-state index in [4.69, 9.17) is 4.74 Å². The molecule has 0 radical (unpaired) electrons. The molecule has 4 heteroatoms. The summed E-state index contributed by atoms with van der Waals surface area (Å²) < 4.78 is 5.43. The number of hydrogen-bond acceptors (Lipinski definition) is 4. The zero-order chi connectivity index (χ0) is 13.8. The lowest BCUT2D eigenvalue weighted by molar-refractivity contribution is 0.124. The van der Waals surface area contributed by atoms with Crippen molar-refractivity contribution in [2.45, 2.75) is 64.2 Å². The van der Waals surface area contributed by atoms with E-state index in [1.54, 1.807) is 0 Å². The summed E-state index contributed by atoms with van der Waals surface area (Å²) in [7, 11) is 2.14. The van der Waals surface area contributed by atoms with Crippen molar-refractivity contribution in [2.24, 2.45) is 0 Å². The Morgan fingerprint density at radius 3 is 2.61 bits per heavy atom. The van der Waals surface area contributed by atoms with Gasteiger partial charge in [-0.25, -0.2) is 0 Å². The molecule has 0 bridgehead atoms. The maximum atomic E-state index is 9.37. The predicted octanol–water partition coefficient (Wildman–Crippen LogP) is 1.77. The largest absolute Gasteiger partial charge is 0.380 e.